The van der Waals surface area contributed by atoms with Crippen LogP contribution in [0.2, 0.25) is 0 Å². The Kier molecular flexibility index (Phi) is 4.48. The minimum absolute atomic E-state index is 0.00137. The zero-order chi connectivity index (χ0) is 16.6. The van der Waals surface area contributed by atoms with Crippen molar-refractivity contribution in [2.75, 3.05) is 13.7 Å². The molecule has 0 aliphatic heterocycles. The van der Waals surface area contributed by atoms with E-state index in [9.17, 15) is 14.6 Å². The first-order valence-electron chi connectivity index (χ1n) is 7.26. The zero-order valence-corrected chi connectivity index (χ0v) is 13.8. The molecule has 0 bridgehead atoms. The van der Waals surface area contributed by atoms with Crippen molar-refractivity contribution in [2.45, 2.75) is 31.9 Å². The summed E-state index contributed by atoms with van der Waals surface area (Å²) >= 11 is 0. The highest BCUT2D eigenvalue weighted by molar-refractivity contribution is 7.47. The van der Waals surface area contributed by atoms with Gasteiger partial charge < -0.3 is 14.6 Å². The maximum absolute atomic E-state index is 11.4. The van der Waals surface area contributed by atoms with Gasteiger partial charge in [-0.3, -0.25) is 9.05 Å². The Morgan fingerprint density at radius 1 is 1.39 bits per heavy atom. The fourth-order valence-electron chi connectivity index (χ4n) is 2.96. The van der Waals surface area contributed by atoms with Gasteiger partial charge in [-0.25, -0.2) is 19.5 Å². The first kappa shape index (κ1) is 16.5. The lowest BCUT2D eigenvalue weighted by Gasteiger charge is -2.16. The predicted molar refractivity (Wildman–Crippen MR) is 80.6 cm³/mol. The van der Waals surface area contributed by atoms with Crippen molar-refractivity contribution >= 4 is 19.0 Å². The van der Waals surface area contributed by atoms with Gasteiger partial charge in [-0.2, -0.15) is 0 Å². The first-order chi connectivity index (χ1) is 10.9. The maximum atomic E-state index is 11.4. The predicted octanol–water partition coefficient (Wildman–Crippen LogP) is 1.21. The standard InChI is InChI=1S/C13H19N4O5P/c1-8-12-13(15-6-14-8)17(7-16-12)10-3-9(11(18)4-10)5-22-23(19,20)21-2/h6-7,9-11,18H,3-5H2,1-2H3,(H,19,20)/t9-,10-,11+/m1/s1. The average Bonchev–Trinajstić information content (AvgIpc) is 3.10. The summed E-state index contributed by atoms with van der Waals surface area (Å²) in [7, 11) is -2.92. The summed E-state index contributed by atoms with van der Waals surface area (Å²) in [4.78, 5) is 22.0. The lowest BCUT2D eigenvalue weighted by Crippen LogP contribution is -2.18. The summed E-state index contributed by atoms with van der Waals surface area (Å²) in [5, 5.41) is 10.2. The minimum atomic E-state index is -4.03. The van der Waals surface area contributed by atoms with E-state index < -0.39 is 13.9 Å². The van der Waals surface area contributed by atoms with E-state index in [1.165, 1.54) is 6.33 Å². The quantitative estimate of drug-likeness (QED) is 0.778. The number of aliphatic hydroxyl groups excluding tert-OH is 1. The van der Waals surface area contributed by atoms with Gasteiger partial charge in [0.2, 0.25) is 0 Å². The van der Waals surface area contributed by atoms with Crippen LogP contribution in [-0.2, 0) is 13.6 Å². The van der Waals surface area contributed by atoms with Crippen molar-refractivity contribution in [2.24, 2.45) is 5.92 Å². The third kappa shape index (κ3) is 3.29. The molecule has 0 spiro atoms. The van der Waals surface area contributed by atoms with Crippen molar-refractivity contribution < 1.29 is 23.6 Å². The second kappa shape index (κ2) is 6.26. The fourth-order valence-corrected chi connectivity index (χ4v) is 3.44. The van der Waals surface area contributed by atoms with E-state index in [1.54, 1.807) is 6.33 Å². The number of fused-ring (bicyclic) bond motifs is 1. The van der Waals surface area contributed by atoms with Crippen LogP contribution in [0.3, 0.4) is 0 Å². The summed E-state index contributed by atoms with van der Waals surface area (Å²) in [6.45, 7) is 1.82. The molecule has 2 aromatic rings. The molecule has 0 aromatic carbocycles. The molecule has 1 aliphatic rings. The third-order valence-corrected chi connectivity index (χ3v) is 5.19. The van der Waals surface area contributed by atoms with Crippen molar-refractivity contribution in [1.29, 1.82) is 0 Å². The lowest BCUT2D eigenvalue weighted by molar-refractivity contribution is 0.0803. The van der Waals surface area contributed by atoms with Crippen LogP contribution in [0.4, 0.5) is 0 Å². The Morgan fingerprint density at radius 2 is 2.17 bits per heavy atom. The van der Waals surface area contributed by atoms with E-state index in [2.05, 4.69) is 19.5 Å². The Morgan fingerprint density at radius 3 is 2.91 bits per heavy atom. The molecule has 0 saturated heterocycles. The highest BCUT2D eigenvalue weighted by Gasteiger charge is 2.36. The number of phosphoric ester groups is 1. The molecule has 1 aliphatic carbocycles. The molecular weight excluding hydrogens is 323 g/mol. The second-order valence-electron chi connectivity index (χ2n) is 5.68. The average molecular weight is 342 g/mol. The molecule has 126 valence electrons. The number of aliphatic hydroxyl groups is 1. The summed E-state index contributed by atoms with van der Waals surface area (Å²) < 4.78 is 22.5. The van der Waals surface area contributed by atoms with Crippen molar-refractivity contribution in [3.05, 3.63) is 18.3 Å². The zero-order valence-electron chi connectivity index (χ0n) is 12.9. The van der Waals surface area contributed by atoms with Gasteiger partial charge in [0.15, 0.2) is 5.65 Å². The molecule has 2 N–H and O–H groups in total. The molecule has 2 aromatic heterocycles. The van der Waals surface area contributed by atoms with E-state index in [-0.39, 0.29) is 18.6 Å². The molecule has 0 amide bonds. The Balaban J connectivity index is 1.75. The van der Waals surface area contributed by atoms with Crippen LogP contribution >= 0.6 is 7.82 Å². The topological polar surface area (TPSA) is 120 Å². The molecule has 1 fully saturated rings. The monoisotopic (exact) mass is 342 g/mol. The van der Waals surface area contributed by atoms with Gasteiger partial charge >= 0.3 is 7.82 Å². The molecule has 10 heteroatoms. The minimum Gasteiger partial charge on any atom is -0.393 e. The number of hydrogen-bond acceptors (Lipinski definition) is 7. The molecule has 1 unspecified atom stereocenters. The molecule has 23 heavy (non-hydrogen) atoms. The van der Waals surface area contributed by atoms with Gasteiger partial charge in [-0.05, 0) is 19.8 Å². The molecule has 2 heterocycles. The van der Waals surface area contributed by atoms with Crippen molar-refractivity contribution in [3.8, 4) is 0 Å². The summed E-state index contributed by atoms with van der Waals surface area (Å²) in [5.74, 6) is -0.254. The number of rotatable bonds is 5. The SMILES string of the molecule is COP(=O)(O)OC[C@H]1C[C@@H](n2cnc3c(C)ncnc32)C[C@@H]1O. The summed E-state index contributed by atoms with van der Waals surface area (Å²) in [5.41, 5.74) is 2.26. The number of aryl methyl sites for hydroxylation is 1. The van der Waals surface area contributed by atoms with Crippen LogP contribution < -0.4 is 0 Å². The van der Waals surface area contributed by atoms with Gasteiger partial charge in [0.1, 0.15) is 11.8 Å². The Hall–Kier alpha value is -1.38. The van der Waals surface area contributed by atoms with Crippen molar-refractivity contribution in [3.63, 3.8) is 0 Å². The van der Waals surface area contributed by atoms with Gasteiger partial charge in [-0.1, -0.05) is 0 Å². The molecule has 3 rings (SSSR count). The molecule has 1 saturated carbocycles. The summed E-state index contributed by atoms with van der Waals surface area (Å²) in [6, 6.07) is -0.00137. The maximum Gasteiger partial charge on any atom is 0.471 e. The van der Waals surface area contributed by atoms with Gasteiger partial charge in [0, 0.05) is 19.1 Å². The van der Waals surface area contributed by atoms with E-state index in [0.29, 0.717) is 12.8 Å². The highest BCUT2D eigenvalue weighted by atomic mass is 31.2. The largest absolute Gasteiger partial charge is 0.471 e. The highest BCUT2D eigenvalue weighted by Crippen LogP contribution is 2.45. The van der Waals surface area contributed by atoms with Crippen LogP contribution in [0, 0.1) is 12.8 Å². The van der Waals surface area contributed by atoms with Crippen LogP contribution in [0.25, 0.3) is 11.2 Å². The van der Waals surface area contributed by atoms with Gasteiger partial charge in [0.05, 0.1) is 24.7 Å². The number of nitrogens with zero attached hydrogens (tertiary/aromatic N) is 4. The number of aromatic nitrogens is 4. The van der Waals surface area contributed by atoms with Gasteiger partial charge in [-0.15, -0.1) is 0 Å². The molecule has 0 radical (unpaired) electrons. The van der Waals surface area contributed by atoms with Crippen LogP contribution in [-0.4, -0.2) is 49.3 Å². The number of phosphoric acid groups is 1. The normalized spacial score (nSPS) is 27.4. The van der Waals surface area contributed by atoms with Crippen LogP contribution in [0.15, 0.2) is 12.7 Å². The first-order valence-corrected chi connectivity index (χ1v) is 8.76. The number of hydrogen-bond donors (Lipinski definition) is 2. The van der Waals surface area contributed by atoms with Crippen LogP contribution in [0.5, 0.6) is 0 Å². The number of imidazole rings is 1. The second-order valence-corrected chi connectivity index (χ2v) is 7.24. The fraction of sp³-hybridized carbons (Fsp3) is 0.615. The van der Waals surface area contributed by atoms with Crippen molar-refractivity contribution in [1.82, 2.24) is 19.5 Å². The molecule has 4 atom stereocenters. The Labute approximate surface area is 132 Å². The molecule has 9 nitrogen and oxygen atoms in total. The van der Waals surface area contributed by atoms with E-state index in [0.717, 1.165) is 24.0 Å². The molecular formula is C13H19N4O5P. The van der Waals surface area contributed by atoms with E-state index in [1.807, 2.05) is 11.5 Å². The Bertz CT molecular complexity index is 751. The summed E-state index contributed by atoms with van der Waals surface area (Å²) in [6.07, 6.45) is 3.66. The van der Waals surface area contributed by atoms with Crippen LogP contribution in [0.1, 0.15) is 24.6 Å². The van der Waals surface area contributed by atoms with E-state index in [4.69, 9.17) is 4.52 Å². The third-order valence-electron chi connectivity index (χ3n) is 4.25. The smallest absolute Gasteiger partial charge is 0.393 e. The van der Waals surface area contributed by atoms with E-state index >= 15 is 0 Å². The van der Waals surface area contributed by atoms with Gasteiger partial charge in [0.25, 0.3) is 0 Å². The lowest BCUT2D eigenvalue weighted by atomic mass is 10.1.